The van der Waals surface area contributed by atoms with Crippen molar-refractivity contribution in [3.63, 3.8) is 0 Å². The number of amides is 1. The molecular formula is C24H29N5O3. The summed E-state index contributed by atoms with van der Waals surface area (Å²) >= 11 is 0. The molecule has 1 atom stereocenters. The summed E-state index contributed by atoms with van der Waals surface area (Å²) < 4.78 is 11.7. The zero-order valence-corrected chi connectivity index (χ0v) is 18.3. The van der Waals surface area contributed by atoms with Crippen LogP contribution in [0.2, 0.25) is 0 Å². The van der Waals surface area contributed by atoms with Gasteiger partial charge in [0.2, 0.25) is 11.8 Å². The highest BCUT2D eigenvalue weighted by atomic mass is 16.5. The number of nitrogens with zero attached hydrogens (tertiary/aromatic N) is 2. The van der Waals surface area contributed by atoms with Gasteiger partial charge in [-0.15, -0.1) is 0 Å². The first-order valence-electron chi connectivity index (χ1n) is 11.3. The second kappa shape index (κ2) is 9.28. The van der Waals surface area contributed by atoms with Crippen LogP contribution in [0.5, 0.6) is 11.6 Å². The molecule has 2 aromatic heterocycles. The number of hydrogen-bond donors (Lipinski definition) is 3. The van der Waals surface area contributed by atoms with Crippen molar-refractivity contribution in [2.24, 2.45) is 0 Å². The Labute approximate surface area is 187 Å². The Morgan fingerprint density at radius 1 is 1.25 bits per heavy atom. The molecule has 0 spiro atoms. The Morgan fingerprint density at radius 2 is 2.12 bits per heavy atom. The van der Waals surface area contributed by atoms with E-state index in [9.17, 15) is 4.79 Å². The maximum absolute atomic E-state index is 11.5. The summed E-state index contributed by atoms with van der Waals surface area (Å²) in [6, 6.07) is 10.5. The smallest absolute Gasteiger partial charge is 0.219 e. The predicted molar refractivity (Wildman–Crippen MR) is 121 cm³/mol. The molecule has 0 aliphatic carbocycles. The minimum absolute atomic E-state index is 0.163. The second-order valence-corrected chi connectivity index (χ2v) is 8.52. The molecule has 0 saturated carbocycles. The summed E-state index contributed by atoms with van der Waals surface area (Å²) in [5.74, 6) is 1.42. The molecule has 32 heavy (non-hydrogen) atoms. The van der Waals surface area contributed by atoms with Crippen molar-refractivity contribution in [2.45, 2.75) is 44.8 Å². The lowest BCUT2D eigenvalue weighted by atomic mass is 10.0. The fraction of sp³-hybridized carbons (Fsp3) is 0.417. The van der Waals surface area contributed by atoms with Crippen LogP contribution in [0.15, 0.2) is 47.2 Å². The van der Waals surface area contributed by atoms with Gasteiger partial charge < -0.3 is 19.4 Å². The number of fused-ring (bicyclic) bond motifs is 1. The van der Waals surface area contributed by atoms with Crippen LogP contribution >= 0.6 is 0 Å². The Hall–Kier alpha value is -2.94. The van der Waals surface area contributed by atoms with Gasteiger partial charge in [-0.25, -0.2) is 4.98 Å². The molecule has 168 valence electrons. The number of carbonyl (C=O) groups is 1. The number of likely N-dealkylation sites (tertiary alicyclic amines) is 1. The van der Waals surface area contributed by atoms with Crippen LogP contribution in [0.25, 0.3) is 11.0 Å². The molecule has 5 rings (SSSR count). The molecule has 1 amide bonds. The zero-order valence-electron chi connectivity index (χ0n) is 18.3. The lowest BCUT2D eigenvalue weighted by Crippen LogP contribution is -2.43. The number of carbonyl (C=O) groups excluding carboxylic acids is 1. The minimum Gasteiger partial charge on any atom is -0.464 e. The van der Waals surface area contributed by atoms with Gasteiger partial charge in [0.05, 0.1) is 6.26 Å². The maximum atomic E-state index is 11.5. The van der Waals surface area contributed by atoms with Crippen LogP contribution < -0.4 is 20.9 Å². The maximum Gasteiger partial charge on any atom is 0.219 e. The van der Waals surface area contributed by atoms with E-state index in [1.165, 1.54) is 0 Å². The molecule has 0 bridgehead atoms. The number of aromatic nitrogens is 1. The van der Waals surface area contributed by atoms with E-state index < -0.39 is 0 Å². The van der Waals surface area contributed by atoms with Crippen LogP contribution in [-0.4, -0.2) is 41.5 Å². The molecule has 3 N–H and O–H groups in total. The van der Waals surface area contributed by atoms with Crippen molar-refractivity contribution in [2.75, 3.05) is 19.6 Å². The fourth-order valence-corrected chi connectivity index (χ4v) is 4.43. The molecule has 8 nitrogen and oxygen atoms in total. The highest BCUT2D eigenvalue weighted by Crippen LogP contribution is 2.29. The van der Waals surface area contributed by atoms with Crippen molar-refractivity contribution in [3.8, 4) is 11.6 Å². The Kier molecular flexibility index (Phi) is 6.07. The van der Waals surface area contributed by atoms with E-state index >= 15 is 0 Å². The monoisotopic (exact) mass is 435 g/mol. The van der Waals surface area contributed by atoms with Gasteiger partial charge in [0, 0.05) is 74.5 Å². The molecule has 3 aromatic rings. The van der Waals surface area contributed by atoms with E-state index in [0.29, 0.717) is 23.7 Å². The number of benzene rings is 1. The Morgan fingerprint density at radius 3 is 2.84 bits per heavy atom. The van der Waals surface area contributed by atoms with Crippen molar-refractivity contribution >= 4 is 16.9 Å². The minimum atomic E-state index is 0.163. The van der Waals surface area contributed by atoms with Crippen LogP contribution in [0.1, 0.15) is 43.4 Å². The van der Waals surface area contributed by atoms with Crippen molar-refractivity contribution in [1.82, 2.24) is 26.1 Å². The van der Waals surface area contributed by atoms with Gasteiger partial charge in [0.15, 0.2) is 0 Å². The van der Waals surface area contributed by atoms with Crippen molar-refractivity contribution in [3.05, 3.63) is 53.9 Å². The molecular weight excluding hydrogens is 406 g/mol. The summed E-state index contributed by atoms with van der Waals surface area (Å²) in [4.78, 5) is 17.8. The third kappa shape index (κ3) is 4.62. The van der Waals surface area contributed by atoms with E-state index in [4.69, 9.17) is 9.15 Å². The lowest BCUT2D eigenvalue weighted by Gasteiger charge is -2.31. The van der Waals surface area contributed by atoms with Crippen molar-refractivity contribution in [1.29, 1.82) is 0 Å². The summed E-state index contributed by atoms with van der Waals surface area (Å²) in [5.41, 5.74) is 9.44. The van der Waals surface area contributed by atoms with E-state index in [-0.39, 0.29) is 5.91 Å². The molecule has 1 aromatic carbocycles. The lowest BCUT2D eigenvalue weighted by molar-refractivity contribution is -0.129. The number of pyridine rings is 1. The van der Waals surface area contributed by atoms with E-state index in [0.717, 1.165) is 67.5 Å². The summed E-state index contributed by atoms with van der Waals surface area (Å²) in [7, 11) is 0. The molecule has 2 fully saturated rings. The number of hydrazine groups is 1. The third-order valence-corrected chi connectivity index (χ3v) is 6.37. The standard InChI is InChI=1S/C24H29N5O3/c1-16(30)29-10-7-19(8-11-29)25-14-18-15-31-23-12-20(3-4-21(18)23)32-24-5-2-17(13-26-24)22-6-9-27-28-22/h2-5,12-13,15,19,22,25,27-28H,6-11,14H2,1H3. The van der Waals surface area contributed by atoms with Crippen LogP contribution in [0.3, 0.4) is 0 Å². The van der Waals surface area contributed by atoms with Gasteiger partial charge in [-0.05, 0) is 37.0 Å². The van der Waals surface area contributed by atoms with E-state index in [1.54, 1.807) is 6.92 Å². The molecule has 2 aliphatic rings. The highest BCUT2D eigenvalue weighted by Gasteiger charge is 2.21. The molecule has 2 aliphatic heterocycles. The van der Waals surface area contributed by atoms with Crippen LogP contribution in [0.4, 0.5) is 0 Å². The molecule has 4 heterocycles. The second-order valence-electron chi connectivity index (χ2n) is 8.52. The van der Waals surface area contributed by atoms with Gasteiger partial charge in [0.25, 0.3) is 0 Å². The molecule has 2 saturated heterocycles. The van der Waals surface area contributed by atoms with Gasteiger partial charge in [-0.3, -0.25) is 15.6 Å². The first kappa shape index (κ1) is 20.9. The van der Waals surface area contributed by atoms with Crippen LogP contribution in [-0.2, 0) is 11.3 Å². The summed E-state index contributed by atoms with van der Waals surface area (Å²) in [6.07, 6.45) is 6.67. The van der Waals surface area contributed by atoms with Crippen LogP contribution in [0, 0.1) is 0 Å². The van der Waals surface area contributed by atoms with Gasteiger partial charge in [-0.1, -0.05) is 6.07 Å². The number of furan rings is 1. The van der Waals surface area contributed by atoms with Gasteiger partial charge >= 0.3 is 0 Å². The molecule has 8 heteroatoms. The molecule has 0 radical (unpaired) electrons. The largest absolute Gasteiger partial charge is 0.464 e. The normalized spacial score (nSPS) is 19.5. The Balaban J connectivity index is 1.19. The SMILES string of the molecule is CC(=O)N1CCC(NCc2coc3cc(Oc4ccc(C5CCNN5)cn4)ccc23)CC1. The quantitative estimate of drug-likeness (QED) is 0.547. The average molecular weight is 436 g/mol. The number of ether oxygens (including phenoxy) is 1. The number of rotatable bonds is 6. The fourth-order valence-electron chi connectivity index (χ4n) is 4.43. The first-order chi connectivity index (χ1) is 15.7. The first-order valence-corrected chi connectivity index (χ1v) is 11.3. The van der Waals surface area contributed by atoms with Crippen molar-refractivity contribution < 1.29 is 13.9 Å². The predicted octanol–water partition coefficient (Wildman–Crippen LogP) is 3.26. The summed E-state index contributed by atoms with van der Waals surface area (Å²) in [6.45, 7) is 4.99. The number of nitrogens with one attached hydrogen (secondary N) is 3. The number of hydrogen-bond acceptors (Lipinski definition) is 7. The van der Waals surface area contributed by atoms with Gasteiger partial charge in [0.1, 0.15) is 11.3 Å². The third-order valence-electron chi connectivity index (χ3n) is 6.37. The molecule has 1 unspecified atom stereocenters. The zero-order chi connectivity index (χ0) is 21.9. The highest BCUT2D eigenvalue weighted by molar-refractivity contribution is 5.82. The number of piperidine rings is 1. The topological polar surface area (TPSA) is 91.7 Å². The summed E-state index contributed by atoms with van der Waals surface area (Å²) in [5, 5.41) is 4.69. The Bertz CT molecular complexity index is 1070. The average Bonchev–Trinajstić information content (AvgIpc) is 3.49. The van der Waals surface area contributed by atoms with Gasteiger partial charge in [-0.2, -0.15) is 0 Å². The van der Waals surface area contributed by atoms with E-state index in [2.05, 4.69) is 21.2 Å². The van der Waals surface area contributed by atoms with E-state index in [1.807, 2.05) is 47.7 Å².